The Labute approximate surface area is 88.6 Å². The number of rotatable bonds is 2. The second-order valence-corrected chi connectivity index (χ2v) is 3.84. The van der Waals surface area contributed by atoms with Crippen LogP contribution in [0.15, 0.2) is 0 Å². The molecule has 0 aromatic rings. The van der Waals surface area contributed by atoms with Gasteiger partial charge in [0.15, 0.2) is 0 Å². The largest absolute Gasteiger partial charge is 0.376 e. The lowest BCUT2D eigenvalue weighted by Gasteiger charge is -2.32. The Morgan fingerprint density at radius 1 is 1.60 bits per heavy atom. The summed E-state index contributed by atoms with van der Waals surface area (Å²) < 4.78 is 10.5. The van der Waals surface area contributed by atoms with Crippen LogP contribution >= 0.6 is 0 Å². The lowest BCUT2D eigenvalue weighted by molar-refractivity contribution is -0.147. The summed E-state index contributed by atoms with van der Waals surface area (Å²) in [6, 6.07) is 1.63. The van der Waals surface area contributed by atoms with Crippen molar-refractivity contribution in [3.05, 3.63) is 0 Å². The van der Waals surface area contributed by atoms with E-state index in [1.807, 2.05) is 0 Å². The Morgan fingerprint density at radius 3 is 3.13 bits per heavy atom. The van der Waals surface area contributed by atoms with Crippen molar-refractivity contribution in [3.63, 3.8) is 0 Å². The van der Waals surface area contributed by atoms with Crippen LogP contribution in [0, 0.1) is 11.3 Å². The number of hydrogen-bond acceptors (Lipinski definition) is 4. The van der Waals surface area contributed by atoms with Gasteiger partial charge in [0, 0.05) is 13.2 Å². The van der Waals surface area contributed by atoms with Gasteiger partial charge in [-0.3, -0.25) is 4.79 Å². The quantitative estimate of drug-likeness (QED) is 0.639. The van der Waals surface area contributed by atoms with Crippen LogP contribution in [0.25, 0.3) is 0 Å². The maximum Gasteiger partial charge on any atom is 0.249 e. The van der Waals surface area contributed by atoms with Crippen molar-refractivity contribution < 1.29 is 14.3 Å². The molecule has 0 spiro atoms. The number of morpholine rings is 1. The lowest BCUT2D eigenvalue weighted by Crippen LogP contribution is -2.51. The maximum absolute atomic E-state index is 11.5. The van der Waals surface area contributed by atoms with E-state index in [4.69, 9.17) is 14.7 Å². The number of nitriles is 1. The molecule has 0 aromatic heterocycles. The first-order chi connectivity index (χ1) is 7.31. The van der Waals surface area contributed by atoms with Crippen LogP contribution in [-0.2, 0) is 14.3 Å². The number of carbonyl (C=O) groups is 1. The summed E-state index contributed by atoms with van der Waals surface area (Å²) in [6.45, 7) is 1.70. The minimum Gasteiger partial charge on any atom is -0.376 e. The number of nitrogens with zero attached hydrogens (tertiary/aromatic N) is 2. The van der Waals surface area contributed by atoms with Gasteiger partial charge in [-0.2, -0.15) is 5.26 Å². The van der Waals surface area contributed by atoms with Gasteiger partial charge in [0.25, 0.3) is 0 Å². The van der Waals surface area contributed by atoms with E-state index in [1.54, 1.807) is 4.90 Å². The molecule has 0 saturated carbocycles. The van der Waals surface area contributed by atoms with E-state index < -0.39 is 6.04 Å². The summed E-state index contributed by atoms with van der Waals surface area (Å²) in [5.74, 6) is -0.108. The van der Waals surface area contributed by atoms with E-state index in [0.717, 1.165) is 19.4 Å². The van der Waals surface area contributed by atoms with Crippen LogP contribution < -0.4 is 0 Å². The number of ether oxygens (including phenoxy) is 2. The highest BCUT2D eigenvalue weighted by atomic mass is 16.5. The van der Waals surface area contributed by atoms with E-state index in [0.29, 0.717) is 13.2 Å². The standard InChI is InChI=1S/C10H14N2O3/c11-4-8-6-14-7-10(13)12(8)5-9-2-1-3-15-9/h8-9H,1-3,5-7H2. The van der Waals surface area contributed by atoms with E-state index in [9.17, 15) is 4.79 Å². The topological polar surface area (TPSA) is 62.6 Å². The van der Waals surface area contributed by atoms with E-state index >= 15 is 0 Å². The normalized spacial score (nSPS) is 31.7. The molecule has 2 aliphatic heterocycles. The molecule has 0 aromatic carbocycles. The van der Waals surface area contributed by atoms with Gasteiger partial charge in [0.05, 0.1) is 18.8 Å². The molecule has 2 rings (SSSR count). The molecule has 5 heteroatoms. The molecule has 2 aliphatic rings. The number of amides is 1. The van der Waals surface area contributed by atoms with Gasteiger partial charge >= 0.3 is 0 Å². The van der Waals surface area contributed by atoms with Crippen LogP contribution in [0.2, 0.25) is 0 Å². The summed E-state index contributed by atoms with van der Waals surface area (Å²) in [5.41, 5.74) is 0. The minimum absolute atomic E-state index is 0.0882. The summed E-state index contributed by atoms with van der Waals surface area (Å²) in [5, 5.41) is 8.89. The van der Waals surface area contributed by atoms with Crippen LogP contribution in [-0.4, -0.2) is 49.3 Å². The highest BCUT2D eigenvalue weighted by Crippen LogP contribution is 2.16. The molecule has 5 nitrogen and oxygen atoms in total. The first-order valence-corrected chi connectivity index (χ1v) is 5.19. The Morgan fingerprint density at radius 2 is 2.47 bits per heavy atom. The SMILES string of the molecule is N#CC1COCC(=O)N1CC1CCCO1. The highest BCUT2D eigenvalue weighted by Gasteiger charge is 2.31. The molecule has 1 amide bonds. The van der Waals surface area contributed by atoms with Crippen molar-refractivity contribution in [1.82, 2.24) is 4.90 Å². The van der Waals surface area contributed by atoms with E-state index in [2.05, 4.69) is 6.07 Å². The third-order valence-corrected chi connectivity index (χ3v) is 2.77. The molecular formula is C10H14N2O3. The minimum atomic E-state index is -0.449. The third kappa shape index (κ3) is 2.28. The summed E-state index contributed by atoms with van der Waals surface area (Å²) in [4.78, 5) is 13.1. The molecule has 2 atom stereocenters. The molecule has 82 valence electrons. The number of carbonyl (C=O) groups excluding carboxylic acids is 1. The van der Waals surface area contributed by atoms with Gasteiger partial charge < -0.3 is 14.4 Å². The molecule has 0 aliphatic carbocycles. The molecular weight excluding hydrogens is 196 g/mol. The van der Waals surface area contributed by atoms with E-state index in [-0.39, 0.29) is 18.6 Å². The molecule has 0 N–H and O–H groups in total. The van der Waals surface area contributed by atoms with Crippen LogP contribution in [0.5, 0.6) is 0 Å². The molecule has 2 saturated heterocycles. The smallest absolute Gasteiger partial charge is 0.249 e. The second-order valence-electron chi connectivity index (χ2n) is 3.84. The summed E-state index contributed by atoms with van der Waals surface area (Å²) >= 11 is 0. The Hall–Kier alpha value is -1.12. The maximum atomic E-state index is 11.5. The van der Waals surface area contributed by atoms with Crippen molar-refractivity contribution in [2.75, 3.05) is 26.4 Å². The molecule has 0 radical (unpaired) electrons. The van der Waals surface area contributed by atoms with Crippen LogP contribution in [0.3, 0.4) is 0 Å². The summed E-state index contributed by atoms with van der Waals surface area (Å²) in [7, 11) is 0. The number of hydrogen-bond donors (Lipinski definition) is 0. The van der Waals surface area contributed by atoms with Crippen molar-refractivity contribution in [3.8, 4) is 6.07 Å². The zero-order chi connectivity index (χ0) is 10.7. The average Bonchev–Trinajstić information content (AvgIpc) is 2.74. The molecule has 0 bridgehead atoms. The van der Waals surface area contributed by atoms with Crippen molar-refractivity contribution in [2.24, 2.45) is 0 Å². The molecule has 2 unspecified atom stereocenters. The van der Waals surface area contributed by atoms with Crippen LogP contribution in [0.4, 0.5) is 0 Å². The van der Waals surface area contributed by atoms with Gasteiger partial charge in [-0.15, -0.1) is 0 Å². The van der Waals surface area contributed by atoms with Gasteiger partial charge in [-0.1, -0.05) is 0 Å². The van der Waals surface area contributed by atoms with Gasteiger partial charge in [0.2, 0.25) is 5.91 Å². The average molecular weight is 210 g/mol. The monoisotopic (exact) mass is 210 g/mol. The second kappa shape index (κ2) is 4.60. The zero-order valence-electron chi connectivity index (χ0n) is 8.52. The van der Waals surface area contributed by atoms with Gasteiger partial charge in [-0.05, 0) is 12.8 Å². The Balaban J connectivity index is 1.96. The first-order valence-electron chi connectivity index (χ1n) is 5.19. The van der Waals surface area contributed by atoms with Gasteiger partial charge in [0.1, 0.15) is 12.6 Å². The predicted molar refractivity (Wildman–Crippen MR) is 50.9 cm³/mol. The summed E-state index contributed by atoms with van der Waals surface area (Å²) in [6.07, 6.45) is 2.12. The zero-order valence-corrected chi connectivity index (χ0v) is 8.52. The first kappa shape index (κ1) is 10.4. The fourth-order valence-corrected chi connectivity index (χ4v) is 1.95. The van der Waals surface area contributed by atoms with Crippen molar-refractivity contribution >= 4 is 5.91 Å². The highest BCUT2D eigenvalue weighted by molar-refractivity contribution is 5.78. The Bertz CT molecular complexity index is 281. The molecule has 2 heterocycles. The van der Waals surface area contributed by atoms with Crippen LogP contribution in [0.1, 0.15) is 12.8 Å². The van der Waals surface area contributed by atoms with Crippen molar-refractivity contribution in [2.45, 2.75) is 25.0 Å². The fraction of sp³-hybridized carbons (Fsp3) is 0.800. The lowest BCUT2D eigenvalue weighted by atomic mass is 10.2. The third-order valence-electron chi connectivity index (χ3n) is 2.77. The van der Waals surface area contributed by atoms with E-state index in [1.165, 1.54) is 0 Å². The molecule has 15 heavy (non-hydrogen) atoms. The Kier molecular flexibility index (Phi) is 3.19. The predicted octanol–water partition coefficient (Wildman–Crippen LogP) is -0.0836. The van der Waals surface area contributed by atoms with Gasteiger partial charge in [-0.25, -0.2) is 0 Å². The fourth-order valence-electron chi connectivity index (χ4n) is 1.95. The molecule has 2 fully saturated rings. The van der Waals surface area contributed by atoms with Crippen molar-refractivity contribution in [1.29, 1.82) is 5.26 Å².